The molecule has 0 unspecified atom stereocenters. The van der Waals surface area contributed by atoms with Crippen LogP contribution in [0.1, 0.15) is 25.3 Å². The SMILES string of the molecule is C=C/C(N)=C(\C=C/C)OC1=C(OCc2ccccc2)CCC=C1. The van der Waals surface area contributed by atoms with Crippen molar-refractivity contribution in [3.8, 4) is 0 Å². The molecule has 3 nitrogen and oxygen atoms in total. The van der Waals surface area contributed by atoms with Crippen LogP contribution in [-0.2, 0) is 16.1 Å². The molecular weight excluding hydrogens is 286 g/mol. The van der Waals surface area contributed by atoms with Crippen LogP contribution in [0.5, 0.6) is 0 Å². The van der Waals surface area contributed by atoms with Crippen molar-refractivity contribution in [2.75, 3.05) is 0 Å². The van der Waals surface area contributed by atoms with Gasteiger partial charge in [0.1, 0.15) is 18.1 Å². The van der Waals surface area contributed by atoms with E-state index in [2.05, 4.69) is 12.7 Å². The van der Waals surface area contributed by atoms with E-state index in [1.54, 1.807) is 6.08 Å². The number of nitrogens with two attached hydrogens (primary N) is 1. The van der Waals surface area contributed by atoms with Crippen LogP contribution in [0.15, 0.2) is 90.3 Å². The zero-order chi connectivity index (χ0) is 16.5. The van der Waals surface area contributed by atoms with Crippen LogP contribution in [0.3, 0.4) is 0 Å². The highest BCUT2D eigenvalue weighted by molar-refractivity contribution is 5.30. The third kappa shape index (κ3) is 4.92. The summed E-state index contributed by atoms with van der Waals surface area (Å²) in [5.41, 5.74) is 7.55. The fraction of sp³-hybridized carbons (Fsp3) is 0.200. The molecule has 0 radical (unpaired) electrons. The number of hydrogen-bond donors (Lipinski definition) is 1. The Hall–Kier alpha value is -2.68. The lowest BCUT2D eigenvalue weighted by Crippen LogP contribution is -2.06. The first kappa shape index (κ1) is 16.7. The van der Waals surface area contributed by atoms with Crippen LogP contribution in [0.2, 0.25) is 0 Å². The minimum atomic E-state index is 0.497. The van der Waals surface area contributed by atoms with Gasteiger partial charge in [0.25, 0.3) is 0 Å². The predicted molar refractivity (Wildman–Crippen MR) is 93.9 cm³/mol. The molecule has 0 aliphatic heterocycles. The molecule has 120 valence electrons. The quantitative estimate of drug-likeness (QED) is 0.586. The predicted octanol–water partition coefficient (Wildman–Crippen LogP) is 4.71. The van der Waals surface area contributed by atoms with E-state index in [-0.39, 0.29) is 0 Å². The Labute approximate surface area is 138 Å². The highest BCUT2D eigenvalue weighted by Crippen LogP contribution is 2.25. The van der Waals surface area contributed by atoms with E-state index in [0.29, 0.717) is 23.8 Å². The van der Waals surface area contributed by atoms with Crippen LogP contribution < -0.4 is 5.73 Å². The van der Waals surface area contributed by atoms with Crippen molar-refractivity contribution < 1.29 is 9.47 Å². The van der Waals surface area contributed by atoms with Crippen molar-refractivity contribution in [2.45, 2.75) is 26.4 Å². The molecule has 0 saturated carbocycles. The minimum Gasteiger partial charge on any atom is -0.489 e. The maximum absolute atomic E-state index is 5.96. The van der Waals surface area contributed by atoms with Crippen LogP contribution in [0, 0.1) is 0 Å². The molecule has 0 atom stereocenters. The Morgan fingerprint density at radius 2 is 2.09 bits per heavy atom. The Bertz CT molecular complexity index is 651. The van der Waals surface area contributed by atoms with Crippen LogP contribution in [0.4, 0.5) is 0 Å². The molecule has 1 aliphatic rings. The first-order chi connectivity index (χ1) is 11.2. The van der Waals surface area contributed by atoms with E-state index in [0.717, 1.165) is 24.2 Å². The molecule has 0 fully saturated rings. The monoisotopic (exact) mass is 309 g/mol. The molecule has 0 bridgehead atoms. The molecule has 1 aromatic carbocycles. The molecule has 1 aromatic rings. The van der Waals surface area contributed by atoms with E-state index in [9.17, 15) is 0 Å². The van der Waals surface area contributed by atoms with E-state index in [4.69, 9.17) is 15.2 Å². The summed E-state index contributed by atoms with van der Waals surface area (Å²) >= 11 is 0. The van der Waals surface area contributed by atoms with Gasteiger partial charge in [0.2, 0.25) is 0 Å². The number of rotatable bonds is 7. The summed E-state index contributed by atoms with van der Waals surface area (Å²) in [6, 6.07) is 10.1. The Balaban J connectivity index is 2.16. The average molecular weight is 309 g/mol. The van der Waals surface area contributed by atoms with Crippen molar-refractivity contribution >= 4 is 0 Å². The van der Waals surface area contributed by atoms with E-state index in [1.807, 2.05) is 55.5 Å². The second-order valence-corrected chi connectivity index (χ2v) is 5.13. The van der Waals surface area contributed by atoms with Gasteiger partial charge in [0.05, 0.1) is 5.70 Å². The summed E-state index contributed by atoms with van der Waals surface area (Å²) in [4.78, 5) is 0. The molecule has 0 heterocycles. The molecule has 2 rings (SSSR count). The van der Waals surface area contributed by atoms with Gasteiger partial charge in [-0.15, -0.1) is 0 Å². The average Bonchev–Trinajstić information content (AvgIpc) is 2.60. The second-order valence-electron chi connectivity index (χ2n) is 5.13. The zero-order valence-electron chi connectivity index (χ0n) is 13.5. The Kier molecular flexibility index (Phi) is 6.30. The number of benzene rings is 1. The largest absolute Gasteiger partial charge is 0.489 e. The molecular formula is C20H23NO2. The van der Waals surface area contributed by atoms with E-state index < -0.39 is 0 Å². The fourth-order valence-corrected chi connectivity index (χ4v) is 2.16. The smallest absolute Gasteiger partial charge is 0.164 e. The maximum Gasteiger partial charge on any atom is 0.164 e. The highest BCUT2D eigenvalue weighted by Gasteiger charge is 2.13. The molecule has 1 aliphatic carbocycles. The molecule has 3 heteroatoms. The highest BCUT2D eigenvalue weighted by atomic mass is 16.5. The molecule has 0 amide bonds. The van der Waals surface area contributed by atoms with Crippen molar-refractivity contribution in [2.24, 2.45) is 5.73 Å². The minimum absolute atomic E-state index is 0.497. The van der Waals surface area contributed by atoms with Gasteiger partial charge in [-0.2, -0.15) is 0 Å². The Morgan fingerprint density at radius 3 is 2.78 bits per heavy atom. The van der Waals surface area contributed by atoms with Gasteiger partial charge < -0.3 is 15.2 Å². The first-order valence-electron chi connectivity index (χ1n) is 7.73. The summed E-state index contributed by atoms with van der Waals surface area (Å²) < 4.78 is 11.9. The Morgan fingerprint density at radius 1 is 1.30 bits per heavy atom. The zero-order valence-corrected chi connectivity index (χ0v) is 13.5. The number of allylic oxidation sites excluding steroid dienone is 6. The van der Waals surface area contributed by atoms with Crippen molar-refractivity contribution in [1.82, 2.24) is 0 Å². The third-order valence-electron chi connectivity index (χ3n) is 3.38. The lowest BCUT2D eigenvalue weighted by Gasteiger charge is -2.18. The van der Waals surface area contributed by atoms with E-state index >= 15 is 0 Å². The van der Waals surface area contributed by atoms with Crippen LogP contribution in [0.25, 0.3) is 0 Å². The molecule has 0 aromatic heterocycles. The van der Waals surface area contributed by atoms with Crippen molar-refractivity contribution in [1.29, 1.82) is 0 Å². The fourth-order valence-electron chi connectivity index (χ4n) is 2.16. The van der Waals surface area contributed by atoms with Crippen molar-refractivity contribution in [3.63, 3.8) is 0 Å². The second kappa shape index (κ2) is 8.69. The summed E-state index contributed by atoms with van der Waals surface area (Å²) in [5, 5.41) is 0. The molecule has 23 heavy (non-hydrogen) atoms. The van der Waals surface area contributed by atoms with Gasteiger partial charge in [-0.05, 0) is 37.1 Å². The van der Waals surface area contributed by atoms with Gasteiger partial charge in [0, 0.05) is 6.42 Å². The summed E-state index contributed by atoms with van der Waals surface area (Å²) in [6.07, 6.45) is 11.0. The molecule has 2 N–H and O–H groups in total. The summed E-state index contributed by atoms with van der Waals surface area (Å²) in [7, 11) is 0. The van der Waals surface area contributed by atoms with E-state index in [1.165, 1.54) is 0 Å². The lowest BCUT2D eigenvalue weighted by molar-refractivity contribution is 0.164. The molecule has 0 spiro atoms. The topological polar surface area (TPSA) is 44.5 Å². The summed E-state index contributed by atoms with van der Waals surface area (Å²) in [5.74, 6) is 2.12. The molecule has 0 saturated heterocycles. The number of ether oxygens (including phenoxy) is 2. The van der Waals surface area contributed by atoms with Crippen LogP contribution >= 0.6 is 0 Å². The maximum atomic E-state index is 5.96. The van der Waals surface area contributed by atoms with Crippen molar-refractivity contribution in [3.05, 3.63) is 95.8 Å². The normalized spacial score (nSPS) is 15.5. The standard InChI is InChI=1S/C20H23NO2/c1-3-10-18(17(21)4-2)23-20-14-9-8-13-19(20)22-15-16-11-6-5-7-12-16/h3-7,9-12,14H,2,8,13,15,21H2,1H3/b10-3-,18-17-. The van der Waals surface area contributed by atoms with Gasteiger partial charge in [0.15, 0.2) is 5.76 Å². The van der Waals surface area contributed by atoms with Gasteiger partial charge in [-0.1, -0.05) is 49.1 Å². The van der Waals surface area contributed by atoms with Gasteiger partial charge in [-0.3, -0.25) is 0 Å². The number of hydrogen-bond acceptors (Lipinski definition) is 3. The van der Waals surface area contributed by atoms with Gasteiger partial charge >= 0.3 is 0 Å². The van der Waals surface area contributed by atoms with Gasteiger partial charge in [-0.25, -0.2) is 0 Å². The summed E-state index contributed by atoms with van der Waals surface area (Å²) in [6.45, 7) is 6.13. The third-order valence-corrected chi connectivity index (χ3v) is 3.38. The van der Waals surface area contributed by atoms with Crippen LogP contribution in [-0.4, -0.2) is 0 Å². The lowest BCUT2D eigenvalue weighted by atomic mass is 10.1. The first-order valence-corrected chi connectivity index (χ1v) is 7.73.